The van der Waals surface area contributed by atoms with Crippen LogP contribution in [0.1, 0.15) is 46.0 Å². The highest BCUT2D eigenvalue weighted by molar-refractivity contribution is 6.47. The topological polar surface area (TPSA) is 45.3 Å². The van der Waals surface area contributed by atoms with Crippen LogP contribution in [-0.2, 0) is 4.43 Å². The zero-order chi connectivity index (χ0) is 13.6. The van der Waals surface area contributed by atoms with Gasteiger partial charge in [-0.2, -0.15) is 0 Å². The van der Waals surface area contributed by atoms with Gasteiger partial charge in [0, 0.05) is 6.04 Å². The molecule has 0 spiro atoms. The van der Waals surface area contributed by atoms with Crippen molar-refractivity contribution >= 4 is 9.20 Å². The molecular weight excluding hydrogens is 242 g/mol. The third-order valence-corrected chi connectivity index (χ3v) is 5.73. The van der Waals surface area contributed by atoms with Crippen LogP contribution in [0.15, 0.2) is 0 Å². The fraction of sp³-hybridized carbons (Fsp3) is 1.00. The Labute approximate surface area is 114 Å². The van der Waals surface area contributed by atoms with E-state index in [4.69, 9.17) is 4.43 Å². The normalized spacial score (nSPS) is 20.3. The predicted molar refractivity (Wildman–Crippen MR) is 80.1 cm³/mol. The van der Waals surface area contributed by atoms with Crippen molar-refractivity contribution in [3.8, 4) is 0 Å². The number of hydrogen-bond acceptors (Lipinski definition) is 4. The van der Waals surface area contributed by atoms with E-state index in [-0.39, 0.29) is 11.8 Å². The van der Waals surface area contributed by atoms with Crippen LogP contribution < -0.4 is 15.6 Å². The Hall–Kier alpha value is 0.0569. The monoisotopic (exact) mass is 273 g/mol. The van der Waals surface area contributed by atoms with Crippen molar-refractivity contribution in [2.45, 2.75) is 70.3 Å². The van der Waals surface area contributed by atoms with Crippen LogP contribution >= 0.6 is 0 Å². The third-order valence-electron chi connectivity index (χ3n) is 3.83. The summed E-state index contributed by atoms with van der Waals surface area (Å²) in [5, 5.41) is 6.52. The van der Waals surface area contributed by atoms with E-state index in [0.29, 0.717) is 6.04 Å². The fourth-order valence-corrected chi connectivity index (χ4v) is 5.11. The van der Waals surface area contributed by atoms with E-state index in [1.165, 1.54) is 32.1 Å². The van der Waals surface area contributed by atoms with Gasteiger partial charge in [0.25, 0.3) is 0 Å². The first kappa shape index (κ1) is 16.1. The van der Waals surface area contributed by atoms with Gasteiger partial charge in [0.15, 0.2) is 0 Å². The summed E-state index contributed by atoms with van der Waals surface area (Å²) in [6.07, 6.45) is 6.98. The zero-order valence-corrected chi connectivity index (χ0v) is 13.8. The summed E-state index contributed by atoms with van der Waals surface area (Å²) in [5.41, 5.74) is -0.184. The predicted octanol–water partition coefficient (Wildman–Crippen LogP) is 1.32. The van der Waals surface area contributed by atoms with E-state index in [2.05, 4.69) is 36.0 Å². The minimum Gasteiger partial charge on any atom is -0.398 e. The van der Waals surface area contributed by atoms with Gasteiger partial charge in [-0.05, 0) is 47.3 Å². The average Bonchev–Trinajstić information content (AvgIpc) is 2.30. The molecule has 1 aliphatic carbocycles. The van der Waals surface area contributed by atoms with Crippen LogP contribution in [0.3, 0.4) is 0 Å². The van der Waals surface area contributed by atoms with E-state index >= 15 is 0 Å². The minimum absolute atomic E-state index is 0.181. The lowest BCUT2D eigenvalue weighted by molar-refractivity contribution is 0.0507. The van der Waals surface area contributed by atoms with E-state index in [1.54, 1.807) is 0 Å². The zero-order valence-electron chi connectivity index (χ0n) is 12.7. The molecule has 0 aromatic rings. The molecule has 0 aromatic carbocycles. The molecule has 1 saturated carbocycles. The summed E-state index contributed by atoms with van der Waals surface area (Å²) in [6, 6.07) is 0.693. The van der Waals surface area contributed by atoms with Crippen molar-refractivity contribution in [2.24, 2.45) is 0 Å². The third kappa shape index (κ3) is 4.97. The van der Waals surface area contributed by atoms with Gasteiger partial charge in [-0.15, -0.1) is 0 Å². The molecule has 0 aliphatic heterocycles. The summed E-state index contributed by atoms with van der Waals surface area (Å²) in [5.74, 6) is 0. The summed E-state index contributed by atoms with van der Waals surface area (Å²) in [6.45, 7) is 6.55. The van der Waals surface area contributed by atoms with Crippen molar-refractivity contribution in [1.82, 2.24) is 15.6 Å². The molecule has 1 aliphatic rings. The molecule has 0 saturated heterocycles. The van der Waals surface area contributed by atoms with Gasteiger partial charge in [0.2, 0.25) is 9.20 Å². The largest absolute Gasteiger partial charge is 0.398 e. The molecule has 5 heteroatoms. The Bertz CT molecular complexity index is 228. The number of hydrogen-bond donors (Lipinski definition) is 3. The fourth-order valence-electron chi connectivity index (χ4n) is 3.00. The second-order valence-electron chi connectivity index (χ2n) is 5.88. The highest BCUT2D eigenvalue weighted by atomic mass is 28.3. The van der Waals surface area contributed by atoms with Crippen LogP contribution in [0.4, 0.5) is 0 Å². The molecule has 0 heterocycles. The van der Waals surface area contributed by atoms with Crippen LogP contribution in [0.5, 0.6) is 0 Å². The van der Waals surface area contributed by atoms with Gasteiger partial charge >= 0.3 is 0 Å². The SMILES string of the molecule is CNC(NC)C(C)(C)O[SiH](C)NC1CCCCC1. The second kappa shape index (κ2) is 7.60. The Kier molecular flexibility index (Phi) is 6.80. The molecule has 1 rings (SSSR count). The van der Waals surface area contributed by atoms with Crippen molar-refractivity contribution in [3.05, 3.63) is 0 Å². The van der Waals surface area contributed by atoms with Crippen LogP contribution in [-0.4, -0.2) is 41.1 Å². The number of likely N-dealkylation sites (N-methyl/N-ethyl adjacent to an activating group) is 2. The van der Waals surface area contributed by atoms with Crippen molar-refractivity contribution < 1.29 is 4.43 Å². The van der Waals surface area contributed by atoms with Crippen LogP contribution in [0.2, 0.25) is 6.55 Å². The van der Waals surface area contributed by atoms with E-state index < -0.39 is 9.20 Å². The molecule has 1 atom stereocenters. The average molecular weight is 273 g/mol. The van der Waals surface area contributed by atoms with Crippen molar-refractivity contribution in [2.75, 3.05) is 14.1 Å². The molecule has 0 radical (unpaired) electrons. The first-order valence-electron chi connectivity index (χ1n) is 7.28. The summed E-state index contributed by atoms with van der Waals surface area (Å²) < 4.78 is 6.29. The summed E-state index contributed by atoms with van der Waals surface area (Å²) in [4.78, 5) is 3.74. The standard InChI is InChI=1S/C13H31N3OSi/c1-13(2,12(14-3)15-4)17-18(5)16-11-9-7-6-8-10-11/h11-12,14-16,18H,6-10H2,1-5H3. The lowest BCUT2D eigenvalue weighted by Crippen LogP contribution is -2.58. The highest BCUT2D eigenvalue weighted by Gasteiger charge is 2.31. The molecule has 4 nitrogen and oxygen atoms in total. The Balaban J connectivity index is 2.39. The lowest BCUT2D eigenvalue weighted by Gasteiger charge is -2.37. The van der Waals surface area contributed by atoms with Crippen molar-refractivity contribution in [3.63, 3.8) is 0 Å². The summed E-state index contributed by atoms with van der Waals surface area (Å²) >= 11 is 0. The first-order chi connectivity index (χ1) is 8.49. The maximum atomic E-state index is 6.29. The maximum Gasteiger partial charge on any atom is 0.250 e. The van der Waals surface area contributed by atoms with Gasteiger partial charge in [-0.1, -0.05) is 19.3 Å². The van der Waals surface area contributed by atoms with Gasteiger partial charge in [0.05, 0.1) is 11.8 Å². The highest BCUT2D eigenvalue weighted by Crippen LogP contribution is 2.19. The van der Waals surface area contributed by atoms with Crippen molar-refractivity contribution in [1.29, 1.82) is 0 Å². The van der Waals surface area contributed by atoms with Crippen LogP contribution in [0.25, 0.3) is 0 Å². The molecule has 1 fully saturated rings. The molecule has 108 valence electrons. The molecule has 3 N–H and O–H groups in total. The maximum absolute atomic E-state index is 6.29. The van der Waals surface area contributed by atoms with Gasteiger partial charge in [0.1, 0.15) is 0 Å². The first-order valence-corrected chi connectivity index (χ1v) is 9.48. The Morgan fingerprint density at radius 2 is 1.67 bits per heavy atom. The number of nitrogens with one attached hydrogen (secondary N) is 3. The summed E-state index contributed by atoms with van der Waals surface area (Å²) in [7, 11) is 2.62. The van der Waals surface area contributed by atoms with E-state index in [0.717, 1.165) is 0 Å². The lowest BCUT2D eigenvalue weighted by atomic mass is 9.96. The number of rotatable bonds is 7. The molecular formula is C13H31N3OSi. The Morgan fingerprint density at radius 3 is 2.17 bits per heavy atom. The van der Waals surface area contributed by atoms with E-state index in [9.17, 15) is 0 Å². The quantitative estimate of drug-likeness (QED) is 0.484. The minimum atomic E-state index is -1.31. The van der Waals surface area contributed by atoms with Crippen LogP contribution in [0, 0.1) is 0 Å². The molecule has 1 unspecified atom stereocenters. The molecule has 0 bridgehead atoms. The molecule has 18 heavy (non-hydrogen) atoms. The smallest absolute Gasteiger partial charge is 0.250 e. The molecule has 0 aromatic heterocycles. The molecule has 0 amide bonds. The van der Waals surface area contributed by atoms with Gasteiger partial charge in [-0.25, -0.2) is 0 Å². The van der Waals surface area contributed by atoms with E-state index in [1.807, 2.05) is 14.1 Å². The van der Waals surface area contributed by atoms with Gasteiger partial charge < -0.3 is 20.0 Å². The second-order valence-corrected chi connectivity index (χ2v) is 7.73. The Morgan fingerprint density at radius 1 is 1.11 bits per heavy atom. The van der Waals surface area contributed by atoms with Gasteiger partial charge in [-0.3, -0.25) is 0 Å².